The maximum absolute atomic E-state index is 13.3. The summed E-state index contributed by atoms with van der Waals surface area (Å²) in [5.41, 5.74) is 3.50. The van der Waals surface area contributed by atoms with Gasteiger partial charge in [-0.25, -0.2) is 9.97 Å². The number of amides is 2. The Balaban J connectivity index is 1.60. The number of carbonyl (C=O) groups excluding carboxylic acids is 2. The second-order valence-electron chi connectivity index (χ2n) is 7.70. The molecule has 7 heteroatoms. The Kier molecular flexibility index (Phi) is 5.22. The zero-order valence-electron chi connectivity index (χ0n) is 17.1. The van der Waals surface area contributed by atoms with Crippen molar-refractivity contribution in [2.24, 2.45) is 0 Å². The first-order chi connectivity index (χ1) is 14.0. The molecule has 1 aromatic heterocycles. The molecule has 1 atom stereocenters. The number of methoxy groups -OCH3 is 1. The van der Waals surface area contributed by atoms with Crippen LogP contribution < -0.4 is 4.74 Å². The highest BCUT2D eigenvalue weighted by Crippen LogP contribution is 2.34. The number of para-hydroxylation sites is 1. The summed E-state index contributed by atoms with van der Waals surface area (Å²) in [6.45, 7) is 5.43. The van der Waals surface area contributed by atoms with E-state index < -0.39 is 0 Å². The van der Waals surface area contributed by atoms with Crippen molar-refractivity contribution in [1.29, 1.82) is 0 Å². The van der Waals surface area contributed by atoms with E-state index in [1.807, 2.05) is 36.2 Å². The van der Waals surface area contributed by atoms with E-state index in [0.29, 0.717) is 36.8 Å². The van der Waals surface area contributed by atoms with E-state index in [1.165, 1.54) is 0 Å². The summed E-state index contributed by atoms with van der Waals surface area (Å²) in [5.74, 6) is 1.34. The van der Waals surface area contributed by atoms with E-state index in [2.05, 4.69) is 4.98 Å². The molecule has 0 bridgehead atoms. The Bertz CT molecular complexity index is 959. The van der Waals surface area contributed by atoms with Crippen LogP contribution in [0.1, 0.15) is 58.8 Å². The zero-order valence-corrected chi connectivity index (χ0v) is 17.1. The highest BCUT2D eigenvalue weighted by molar-refractivity contribution is 5.97. The van der Waals surface area contributed by atoms with Gasteiger partial charge in [-0.1, -0.05) is 12.1 Å². The third-order valence-electron chi connectivity index (χ3n) is 5.86. The topological polar surface area (TPSA) is 75.6 Å². The molecule has 1 aromatic carbocycles. The van der Waals surface area contributed by atoms with Crippen LogP contribution in [-0.2, 0) is 17.8 Å². The van der Waals surface area contributed by atoms with Crippen molar-refractivity contribution in [3.05, 3.63) is 52.6 Å². The van der Waals surface area contributed by atoms with Crippen LogP contribution in [0.15, 0.2) is 24.4 Å². The molecule has 1 saturated heterocycles. The smallest absolute Gasteiger partial charge is 0.258 e. The van der Waals surface area contributed by atoms with Crippen molar-refractivity contribution in [1.82, 2.24) is 19.8 Å². The van der Waals surface area contributed by atoms with Gasteiger partial charge in [0.05, 0.1) is 24.4 Å². The molecule has 0 N–H and O–H groups in total. The number of benzene rings is 1. The summed E-state index contributed by atoms with van der Waals surface area (Å²) in [6.07, 6.45) is 4.30. The predicted molar refractivity (Wildman–Crippen MR) is 108 cm³/mol. The van der Waals surface area contributed by atoms with Gasteiger partial charge in [-0.15, -0.1) is 0 Å². The minimum Gasteiger partial charge on any atom is -0.496 e. The van der Waals surface area contributed by atoms with Crippen LogP contribution in [0, 0.1) is 6.92 Å². The molecule has 2 aromatic rings. The van der Waals surface area contributed by atoms with Gasteiger partial charge < -0.3 is 14.5 Å². The average molecular weight is 394 g/mol. The van der Waals surface area contributed by atoms with Gasteiger partial charge in [0.15, 0.2) is 5.82 Å². The van der Waals surface area contributed by atoms with Crippen molar-refractivity contribution in [2.75, 3.05) is 20.2 Å². The monoisotopic (exact) mass is 394 g/mol. The molecular formula is C22H26N4O3. The maximum Gasteiger partial charge on any atom is 0.258 e. The largest absolute Gasteiger partial charge is 0.496 e. The quantitative estimate of drug-likeness (QED) is 0.800. The lowest BCUT2D eigenvalue weighted by Crippen LogP contribution is -2.36. The molecule has 7 nitrogen and oxygen atoms in total. The predicted octanol–water partition coefficient (Wildman–Crippen LogP) is 2.68. The van der Waals surface area contributed by atoms with Gasteiger partial charge in [-0.3, -0.25) is 9.59 Å². The van der Waals surface area contributed by atoms with E-state index in [0.717, 1.165) is 36.1 Å². The van der Waals surface area contributed by atoms with Crippen LogP contribution in [-0.4, -0.2) is 51.8 Å². The Morgan fingerprint density at radius 2 is 2.07 bits per heavy atom. The number of hydrogen-bond acceptors (Lipinski definition) is 5. The first kappa shape index (κ1) is 19.4. The number of likely N-dealkylation sites (tertiary alicyclic amines) is 1. The van der Waals surface area contributed by atoms with Crippen molar-refractivity contribution in [2.45, 2.75) is 45.7 Å². The number of rotatable bonds is 3. The standard InChI is InChI=1S/C22H26N4O3/c1-14-6-4-7-17(20(14)29-3)22(28)26-10-5-8-19(26)21-23-12-16-13-25(15(2)27)11-9-18(16)24-21/h4,6-7,12,19H,5,8-11,13H2,1-3H3. The summed E-state index contributed by atoms with van der Waals surface area (Å²) in [6, 6.07) is 5.50. The minimum absolute atomic E-state index is 0.0443. The van der Waals surface area contributed by atoms with Gasteiger partial charge in [0.1, 0.15) is 5.75 Å². The fourth-order valence-electron chi connectivity index (χ4n) is 4.29. The van der Waals surface area contributed by atoms with Gasteiger partial charge in [0.2, 0.25) is 5.91 Å². The number of aryl methyl sites for hydroxylation is 1. The molecule has 2 amide bonds. The van der Waals surface area contributed by atoms with Crippen molar-refractivity contribution in [3.8, 4) is 5.75 Å². The molecule has 0 saturated carbocycles. The molecule has 1 unspecified atom stereocenters. The lowest BCUT2D eigenvalue weighted by Gasteiger charge is -2.29. The van der Waals surface area contributed by atoms with Crippen LogP contribution in [0.3, 0.4) is 0 Å². The summed E-state index contributed by atoms with van der Waals surface area (Å²) in [5, 5.41) is 0. The van der Waals surface area contributed by atoms with Gasteiger partial charge in [-0.2, -0.15) is 0 Å². The SMILES string of the molecule is COc1c(C)cccc1C(=O)N1CCCC1c1ncc2c(n1)CCN(C(C)=O)C2. The molecular weight excluding hydrogens is 368 g/mol. The van der Waals surface area contributed by atoms with Crippen LogP contribution in [0.2, 0.25) is 0 Å². The lowest BCUT2D eigenvalue weighted by molar-refractivity contribution is -0.129. The Morgan fingerprint density at radius 1 is 1.24 bits per heavy atom. The van der Waals surface area contributed by atoms with Crippen LogP contribution in [0.5, 0.6) is 5.75 Å². The number of hydrogen-bond donors (Lipinski definition) is 0. The first-order valence-electron chi connectivity index (χ1n) is 10.0. The van der Waals surface area contributed by atoms with E-state index in [1.54, 1.807) is 18.9 Å². The number of ether oxygens (including phenoxy) is 1. The number of carbonyl (C=O) groups is 2. The summed E-state index contributed by atoms with van der Waals surface area (Å²) in [4.78, 5) is 38.0. The van der Waals surface area contributed by atoms with Crippen molar-refractivity contribution in [3.63, 3.8) is 0 Å². The maximum atomic E-state index is 13.3. The fraction of sp³-hybridized carbons (Fsp3) is 0.455. The van der Waals surface area contributed by atoms with Gasteiger partial charge in [0, 0.05) is 44.7 Å². The molecule has 0 radical (unpaired) electrons. The average Bonchev–Trinajstić information content (AvgIpc) is 3.22. The molecule has 3 heterocycles. The molecule has 0 spiro atoms. The van der Waals surface area contributed by atoms with Crippen LogP contribution in [0.4, 0.5) is 0 Å². The normalized spacial score (nSPS) is 18.5. The molecule has 4 rings (SSSR count). The van der Waals surface area contributed by atoms with E-state index >= 15 is 0 Å². The number of nitrogens with zero attached hydrogens (tertiary/aromatic N) is 4. The Labute approximate surface area is 170 Å². The summed E-state index contributed by atoms with van der Waals surface area (Å²) < 4.78 is 5.49. The Morgan fingerprint density at radius 3 is 2.83 bits per heavy atom. The van der Waals surface area contributed by atoms with Crippen LogP contribution in [0.25, 0.3) is 0 Å². The second kappa shape index (κ2) is 7.81. The third kappa shape index (κ3) is 3.57. The third-order valence-corrected chi connectivity index (χ3v) is 5.86. The van der Waals surface area contributed by atoms with E-state index in [9.17, 15) is 9.59 Å². The number of fused-ring (bicyclic) bond motifs is 1. The van der Waals surface area contributed by atoms with Crippen molar-refractivity contribution >= 4 is 11.8 Å². The van der Waals surface area contributed by atoms with E-state index in [-0.39, 0.29) is 17.9 Å². The Hall–Kier alpha value is -2.96. The molecule has 0 aliphatic carbocycles. The fourth-order valence-corrected chi connectivity index (χ4v) is 4.29. The molecule has 29 heavy (non-hydrogen) atoms. The van der Waals surface area contributed by atoms with Crippen LogP contribution >= 0.6 is 0 Å². The lowest BCUT2D eigenvalue weighted by atomic mass is 10.1. The summed E-state index contributed by atoms with van der Waals surface area (Å²) in [7, 11) is 1.59. The van der Waals surface area contributed by atoms with Gasteiger partial charge in [0.25, 0.3) is 5.91 Å². The zero-order chi connectivity index (χ0) is 20.5. The molecule has 152 valence electrons. The highest BCUT2D eigenvalue weighted by Gasteiger charge is 2.34. The van der Waals surface area contributed by atoms with Crippen molar-refractivity contribution < 1.29 is 14.3 Å². The number of aromatic nitrogens is 2. The van der Waals surface area contributed by atoms with E-state index in [4.69, 9.17) is 9.72 Å². The first-order valence-corrected chi connectivity index (χ1v) is 10.0. The molecule has 2 aliphatic heterocycles. The molecule has 1 fully saturated rings. The van der Waals surface area contributed by atoms with Gasteiger partial charge >= 0.3 is 0 Å². The minimum atomic E-state index is -0.135. The highest BCUT2D eigenvalue weighted by atomic mass is 16.5. The van der Waals surface area contributed by atoms with Gasteiger partial charge in [-0.05, 0) is 31.4 Å². The summed E-state index contributed by atoms with van der Waals surface area (Å²) >= 11 is 0. The second-order valence-corrected chi connectivity index (χ2v) is 7.70. The molecule has 2 aliphatic rings.